The lowest BCUT2D eigenvalue weighted by molar-refractivity contribution is 0.0598. The third-order valence-corrected chi connectivity index (χ3v) is 6.57. The minimum atomic E-state index is -0.440. The molecule has 0 aliphatic carbocycles. The first-order chi connectivity index (χ1) is 20.1. The molecule has 0 unspecified atom stereocenters. The average molecular weight is 555 g/mol. The monoisotopic (exact) mass is 554 g/mol. The topological polar surface area (TPSA) is 63.2 Å². The zero-order valence-corrected chi connectivity index (χ0v) is 24.1. The van der Waals surface area contributed by atoms with Gasteiger partial charge in [0.05, 0.1) is 20.3 Å². The van der Waals surface area contributed by atoms with Crippen LogP contribution in [0.25, 0.3) is 0 Å². The molecule has 0 aliphatic rings. The zero-order valence-electron chi connectivity index (χ0n) is 24.1. The fraction of sp³-hybridized carbons (Fsp3) is 0.286. The van der Waals surface area contributed by atoms with Gasteiger partial charge in [0, 0.05) is 18.1 Å². The first-order valence-electron chi connectivity index (χ1n) is 14.1. The van der Waals surface area contributed by atoms with E-state index in [-0.39, 0.29) is 0 Å². The van der Waals surface area contributed by atoms with E-state index in [0.717, 1.165) is 53.2 Å². The predicted molar refractivity (Wildman–Crippen MR) is 160 cm³/mol. The summed E-state index contributed by atoms with van der Waals surface area (Å²) in [5.41, 5.74) is 3.60. The number of methoxy groups -OCH3 is 1. The van der Waals surface area contributed by atoms with Gasteiger partial charge in [-0.05, 0) is 54.3 Å². The second kappa shape index (κ2) is 15.4. The molecule has 0 bridgehead atoms. The van der Waals surface area contributed by atoms with Crippen LogP contribution in [0.5, 0.6) is 28.7 Å². The van der Waals surface area contributed by atoms with Crippen LogP contribution in [-0.4, -0.2) is 26.3 Å². The van der Waals surface area contributed by atoms with Crippen LogP contribution in [0.15, 0.2) is 91.0 Å². The van der Waals surface area contributed by atoms with Crippen molar-refractivity contribution in [2.45, 2.75) is 46.1 Å². The molecule has 0 aliphatic heterocycles. The number of benzene rings is 4. The lowest BCUT2D eigenvalue weighted by atomic mass is 10.1. The maximum atomic E-state index is 12.2. The smallest absolute Gasteiger partial charge is 0.341 e. The van der Waals surface area contributed by atoms with Crippen molar-refractivity contribution < 1.29 is 28.5 Å². The van der Waals surface area contributed by atoms with Crippen LogP contribution >= 0.6 is 0 Å². The number of para-hydroxylation sites is 1. The molecule has 41 heavy (non-hydrogen) atoms. The highest BCUT2D eigenvalue weighted by Crippen LogP contribution is 2.35. The van der Waals surface area contributed by atoms with Crippen LogP contribution in [-0.2, 0) is 24.2 Å². The van der Waals surface area contributed by atoms with E-state index < -0.39 is 5.97 Å². The normalized spacial score (nSPS) is 10.6. The summed E-state index contributed by atoms with van der Waals surface area (Å²) in [5, 5.41) is 0. The van der Waals surface area contributed by atoms with Crippen LogP contribution in [0.1, 0.15) is 53.7 Å². The summed E-state index contributed by atoms with van der Waals surface area (Å²) >= 11 is 0. The number of carbonyl (C=O) groups is 1. The molecule has 0 spiro atoms. The Bertz CT molecular complexity index is 1400. The van der Waals surface area contributed by atoms with Gasteiger partial charge in [0.1, 0.15) is 40.9 Å². The van der Waals surface area contributed by atoms with E-state index in [0.29, 0.717) is 43.3 Å². The molecule has 6 heteroatoms. The molecule has 0 aromatic heterocycles. The van der Waals surface area contributed by atoms with E-state index in [4.69, 9.17) is 23.7 Å². The van der Waals surface area contributed by atoms with Gasteiger partial charge in [0.25, 0.3) is 0 Å². The minimum absolute atomic E-state index is 0.377. The van der Waals surface area contributed by atoms with E-state index in [1.54, 1.807) is 18.2 Å². The van der Waals surface area contributed by atoms with Gasteiger partial charge in [0.2, 0.25) is 0 Å². The molecule has 6 nitrogen and oxygen atoms in total. The van der Waals surface area contributed by atoms with Crippen molar-refractivity contribution in [3.63, 3.8) is 0 Å². The molecule has 0 radical (unpaired) electrons. The molecule has 0 amide bonds. The maximum Gasteiger partial charge on any atom is 0.341 e. The quantitative estimate of drug-likeness (QED) is 0.109. The molecule has 0 heterocycles. The SMILES string of the molecule is CCCc1c(OCCCOc2cc(OCc3ccccc3)ccc2CC)cccc1Oc1ccccc1C(=O)OC. The van der Waals surface area contributed by atoms with Crippen molar-refractivity contribution in [1.29, 1.82) is 0 Å². The Morgan fingerprint density at radius 2 is 1.41 bits per heavy atom. The van der Waals surface area contributed by atoms with Crippen LogP contribution in [0.4, 0.5) is 0 Å². The number of rotatable bonds is 15. The summed E-state index contributed by atoms with van der Waals surface area (Å²) < 4.78 is 29.5. The first-order valence-corrected chi connectivity index (χ1v) is 14.1. The van der Waals surface area contributed by atoms with Crippen LogP contribution < -0.4 is 18.9 Å². The van der Waals surface area contributed by atoms with Gasteiger partial charge in [-0.3, -0.25) is 0 Å². The molecule has 0 fully saturated rings. The summed E-state index contributed by atoms with van der Waals surface area (Å²) in [6.45, 7) is 5.74. The standard InChI is InChI=1S/C35H38O6/c1-4-13-29-31(18-11-19-32(29)41-33-17-10-9-16-30(33)35(36)37-3)38-22-12-23-39-34-24-28(21-20-27(34)5-2)40-25-26-14-7-6-8-15-26/h6-11,14-21,24H,4-5,12-13,22-23,25H2,1-3H3. The molecular weight excluding hydrogens is 516 g/mol. The molecule has 0 N–H and O–H groups in total. The van der Waals surface area contributed by atoms with E-state index in [1.807, 2.05) is 66.7 Å². The van der Waals surface area contributed by atoms with Gasteiger partial charge in [-0.25, -0.2) is 4.79 Å². The number of hydrogen-bond donors (Lipinski definition) is 0. The summed E-state index contributed by atoms with van der Waals surface area (Å²) in [6, 6.07) is 28.9. The van der Waals surface area contributed by atoms with Crippen molar-refractivity contribution in [3.8, 4) is 28.7 Å². The molecule has 4 rings (SSSR count). The molecule has 4 aromatic rings. The minimum Gasteiger partial charge on any atom is -0.493 e. The third kappa shape index (κ3) is 8.27. The summed E-state index contributed by atoms with van der Waals surface area (Å²) in [5.74, 6) is 3.06. The number of esters is 1. The summed E-state index contributed by atoms with van der Waals surface area (Å²) in [6.07, 6.45) is 3.27. The third-order valence-electron chi connectivity index (χ3n) is 6.57. The van der Waals surface area contributed by atoms with Crippen molar-refractivity contribution in [1.82, 2.24) is 0 Å². The van der Waals surface area contributed by atoms with E-state index in [2.05, 4.69) is 19.9 Å². The van der Waals surface area contributed by atoms with Crippen LogP contribution in [0.3, 0.4) is 0 Å². The maximum absolute atomic E-state index is 12.2. The zero-order chi connectivity index (χ0) is 28.9. The molecule has 0 atom stereocenters. The molecule has 0 saturated carbocycles. The van der Waals surface area contributed by atoms with Gasteiger partial charge in [-0.2, -0.15) is 0 Å². The van der Waals surface area contributed by atoms with Gasteiger partial charge in [-0.15, -0.1) is 0 Å². The van der Waals surface area contributed by atoms with Gasteiger partial charge >= 0.3 is 5.97 Å². The Hall–Kier alpha value is -4.45. The van der Waals surface area contributed by atoms with Crippen molar-refractivity contribution in [2.24, 2.45) is 0 Å². The number of aryl methyl sites for hydroxylation is 1. The Morgan fingerprint density at radius 1 is 0.707 bits per heavy atom. The van der Waals surface area contributed by atoms with Crippen LogP contribution in [0.2, 0.25) is 0 Å². The number of carbonyl (C=O) groups excluding carboxylic acids is 1. The Labute approximate surface area is 242 Å². The summed E-state index contributed by atoms with van der Waals surface area (Å²) in [4.78, 5) is 12.2. The highest BCUT2D eigenvalue weighted by atomic mass is 16.5. The predicted octanol–water partition coefficient (Wildman–Crippen LogP) is 8.21. The fourth-order valence-electron chi connectivity index (χ4n) is 4.44. The molecule has 214 valence electrons. The number of ether oxygens (including phenoxy) is 5. The first kappa shape index (κ1) is 29.5. The van der Waals surface area contributed by atoms with Gasteiger partial charge in [-0.1, -0.05) is 74.9 Å². The molecule has 4 aromatic carbocycles. The lowest BCUT2D eigenvalue weighted by Gasteiger charge is -2.17. The summed E-state index contributed by atoms with van der Waals surface area (Å²) in [7, 11) is 1.36. The Balaban J connectivity index is 1.36. The lowest BCUT2D eigenvalue weighted by Crippen LogP contribution is -2.08. The van der Waals surface area contributed by atoms with E-state index >= 15 is 0 Å². The highest BCUT2D eigenvalue weighted by Gasteiger charge is 2.16. The molecular formula is C35H38O6. The fourth-order valence-corrected chi connectivity index (χ4v) is 4.44. The Morgan fingerprint density at radius 3 is 2.17 bits per heavy atom. The van der Waals surface area contributed by atoms with Crippen molar-refractivity contribution >= 4 is 5.97 Å². The highest BCUT2D eigenvalue weighted by molar-refractivity contribution is 5.92. The average Bonchev–Trinajstić information content (AvgIpc) is 3.01. The Kier molecular flexibility index (Phi) is 11.1. The molecule has 0 saturated heterocycles. The van der Waals surface area contributed by atoms with Gasteiger partial charge in [0.15, 0.2) is 0 Å². The largest absolute Gasteiger partial charge is 0.493 e. The van der Waals surface area contributed by atoms with Gasteiger partial charge < -0.3 is 23.7 Å². The second-order valence-electron chi connectivity index (χ2n) is 9.52. The second-order valence-corrected chi connectivity index (χ2v) is 9.52. The number of hydrogen-bond acceptors (Lipinski definition) is 6. The van der Waals surface area contributed by atoms with E-state index in [9.17, 15) is 4.79 Å². The van der Waals surface area contributed by atoms with Crippen molar-refractivity contribution in [3.05, 3.63) is 113 Å². The van der Waals surface area contributed by atoms with Crippen LogP contribution in [0, 0.1) is 0 Å². The van der Waals surface area contributed by atoms with Crippen molar-refractivity contribution in [2.75, 3.05) is 20.3 Å². The van der Waals surface area contributed by atoms with E-state index in [1.165, 1.54) is 7.11 Å².